The monoisotopic (exact) mass is 648 g/mol. The Kier molecular flexibility index (Phi) is 11.1. The molecule has 0 spiro atoms. The van der Waals surface area contributed by atoms with Crippen LogP contribution in [0.5, 0.6) is 0 Å². The molecule has 5 atom stereocenters. The third-order valence-electron chi connectivity index (χ3n) is 9.02. The Morgan fingerprint density at radius 2 is 1.64 bits per heavy atom. The molecule has 0 bridgehead atoms. The van der Waals surface area contributed by atoms with Gasteiger partial charge >= 0.3 is 0 Å². The van der Waals surface area contributed by atoms with Gasteiger partial charge in [-0.1, -0.05) is 60.7 Å². The molecule has 1 aliphatic heterocycles. The zero-order chi connectivity index (χ0) is 33.7. The van der Waals surface area contributed by atoms with E-state index in [1.807, 2.05) is 85.2 Å². The van der Waals surface area contributed by atoms with Crippen molar-refractivity contribution >= 4 is 11.8 Å². The quantitative estimate of drug-likeness (QED) is 0.253. The Labute approximate surface area is 275 Å². The first-order valence-corrected chi connectivity index (χ1v) is 16.4. The molecule has 1 fully saturated rings. The van der Waals surface area contributed by atoms with E-state index in [2.05, 4.69) is 10.6 Å². The topological polar surface area (TPSA) is 105 Å². The molecule has 1 aliphatic carbocycles. The SMILES string of the molecule is CC(C)(C)NC(=O)C1CN(Cc2c(F)cccc2F)CCN1CC(O)CC(Cc1ccccc1)C(=O)NC1c2ccccc2CC1O. The number of nitrogens with one attached hydrogen (secondary N) is 2. The number of β-amino-alcohol motifs (C(OH)–C–C–N with tert-alkyl or cyclic N) is 1. The van der Waals surface area contributed by atoms with Crippen LogP contribution in [-0.4, -0.2) is 81.8 Å². The van der Waals surface area contributed by atoms with Crippen LogP contribution in [0.4, 0.5) is 8.78 Å². The van der Waals surface area contributed by atoms with E-state index in [1.54, 1.807) is 0 Å². The molecular weight excluding hydrogens is 602 g/mol. The highest BCUT2D eigenvalue weighted by molar-refractivity contribution is 5.83. The van der Waals surface area contributed by atoms with Gasteiger partial charge in [0.2, 0.25) is 11.8 Å². The zero-order valence-electron chi connectivity index (χ0n) is 27.3. The third kappa shape index (κ3) is 9.01. The molecule has 0 saturated carbocycles. The molecule has 252 valence electrons. The predicted octanol–water partition coefficient (Wildman–Crippen LogP) is 3.75. The fraction of sp³-hybridized carbons (Fsp3) is 0.459. The minimum Gasteiger partial charge on any atom is -0.392 e. The normalized spacial score (nSPS) is 21.6. The van der Waals surface area contributed by atoms with Crippen LogP contribution >= 0.6 is 0 Å². The number of carbonyl (C=O) groups is 2. The van der Waals surface area contributed by atoms with E-state index in [0.29, 0.717) is 25.9 Å². The largest absolute Gasteiger partial charge is 0.392 e. The molecule has 5 rings (SSSR count). The van der Waals surface area contributed by atoms with Crippen LogP contribution in [0, 0.1) is 17.6 Å². The van der Waals surface area contributed by atoms with Crippen molar-refractivity contribution in [3.63, 3.8) is 0 Å². The van der Waals surface area contributed by atoms with Gasteiger partial charge in [0, 0.05) is 56.2 Å². The van der Waals surface area contributed by atoms with Gasteiger partial charge < -0.3 is 20.8 Å². The lowest BCUT2D eigenvalue weighted by molar-refractivity contribution is -0.132. The van der Waals surface area contributed by atoms with Crippen LogP contribution < -0.4 is 10.6 Å². The maximum Gasteiger partial charge on any atom is 0.239 e. The minimum atomic E-state index is -0.948. The Balaban J connectivity index is 1.30. The number of rotatable bonds is 11. The summed E-state index contributed by atoms with van der Waals surface area (Å²) in [6, 6.07) is 19.8. The number of fused-ring (bicyclic) bond motifs is 1. The van der Waals surface area contributed by atoms with Crippen molar-refractivity contribution in [2.75, 3.05) is 26.2 Å². The molecule has 8 nitrogen and oxygen atoms in total. The van der Waals surface area contributed by atoms with E-state index in [-0.39, 0.29) is 43.4 Å². The summed E-state index contributed by atoms with van der Waals surface area (Å²) in [7, 11) is 0. The first-order valence-electron chi connectivity index (χ1n) is 16.4. The summed E-state index contributed by atoms with van der Waals surface area (Å²) in [5, 5.41) is 28.3. The van der Waals surface area contributed by atoms with E-state index in [4.69, 9.17) is 0 Å². The minimum absolute atomic E-state index is 0.0175. The van der Waals surface area contributed by atoms with E-state index in [0.717, 1.165) is 16.7 Å². The van der Waals surface area contributed by atoms with E-state index in [9.17, 15) is 28.6 Å². The molecule has 1 saturated heterocycles. The average Bonchev–Trinajstić information content (AvgIpc) is 3.33. The first-order chi connectivity index (χ1) is 22.4. The molecule has 2 aliphatic rings. The zero-order valence-corrected chi connectivity index (χ0v) is 27.3. The van der Waals surface area contributed by atoms with Crippen LogP contribution in [0.15, 0.2) is 72.8 Å². The molecule has 10 heteroatoms. The van der Waals surface area contributed by atoms with Crippen molar-refractivity contribution in [2.24, 2.45) is 5.92 Å². The summed E-state index contributed by atoms with van der Waals surface area (Å²) in [5.74, 6) is -2.35. The number of piperazine rings is 1. The summed E-state index contributed by atoms with van der Waals surface area (Å²) >= 11 is 0. The van der Waals surface area contributed by atoms with E-state index in [1.165, 1.54) is 18.2 Å². The number of nitrogens with zero attached hydrogens (tertiary/aromatic N) is 2. The van der Waals surface area contributed by atoms with Gasteiger partial charge in [0.25, 0.3) is 0 Å². The van der Waals surface area contributed by atoms with Crippen molar-refractivity contribution < 1.29 is 28.6 Å². The van der Waals surface area contributed by atoms with Gasteiger partial charge in [-0.15, -0.1) is 0 Å². The first kappa shape index (κ1) is 34.6. The molecular formula is C37H46F2N4O4. The highest BCUT2D eigenvalue weighted by atomic mass is 19.1. The Bertz CT molecular complexity index is 1510. The van der Waals surface area contributed by atoms with Gasteiger partial charge in [-0.2, -0.15) is 0 Å². The molecule has 5 unspecified atom stereocenters. The number of hydrogen-bond acceptors (Lipinski definition) is 6. The molecule has 3 aromatic rings. The van der Waals surface area contributed by atoms with Gasteiger partial charge in [-0.25, -0.2) is 8.78 Å². The Morgan fingerprint density at radius 3 is 2.34 bits per heavy atom. The number of benzene rings is 3. The maximum absolute atomic E-state index is 14.5. The smallest absolute Gasteiger partial charge is 0.239 e. The lowest BCUT2D eigenvalue weighted by Crippen LogP contribution is -2.62. The second kappa shape index (κ2) is 15.0. The second-order valence-electron chi connectivity index (χ2n) is 13.9. The Morgan fingerprint density at radius 1 is 0.957 bits per heavy atom. The molecule has 3 aromatic carbocycles. The summed E-state index contributed by atoms with van der Waals surface area (Å²) in [6.45, 7) is 6.84. The average molecular weight is 649 g/mol. The molecule has 0 aromatic heterocycles. The van der Waals surface area contributed by atoms with Crippen molar-refractivity contribution in [3.05, 3.63) is 107 Å². The standard InChI is InChI=1S/C37H46F2N4O4/c1-37(2,3)41-36(47)32-23-42(22-29-30(38)14-9-15-31(29)39)16-17-43(32)21-27(44)19-26(18-24-10-5-4-6-11-24)35(46)40-34-28-13-8-7-12-25(28)20-33(34)45/h4-15,26-27,32-34,44-45H,16-23H2,1-3H3,(H,40,46)(H,41,47). The van der Waals surface area contributed by atoms with E-state index < -0.39 is 47.4 Å². The van der Waals surface area contributed by atoms with Gasteiger partial charge in [0.05, 0.1) is 18.2 Å². The van der Waals surface area contributed by atoms with Crippen molar-refractivity contribution in [3.8, 4) is 0 Å². The van der Waals surface area contributed by atoms with Crippen LogP contribution in [0.25, 0.3) is 0 Å². The van der Waals surface area contributed by atoms with Gasteiger partial charge in [0.1, 0.15) is 17.7 Å². The summed E-state index contributed by atoms with van der Waals surface area (Å²) in [4.78, 5) is 31.1. The predicted molar refractivity (Wildman–Crippen MR) is 176 cm³/mol. The number of aliphatic hydroxyl groups excluding tert-OH is 2. The summed E-state index contributed by atoms with van der Waals surface area (Å²) < 4.78 is 28.9. The van der Waals surface area contributed by atoms with Crippen molar-refractivity contribution in [1.29, 1.82) is 0 Å². The third-order valence-corrected chi connectivity index (χ3v) is 9.02. The number of hydrogen-bond donors (Lipinski definition) is 4. The van der Waals surface area contributed by atoms with Crippen molar-refractivity contribution in [1.82, 2.24) is 20.4 Å². The molecule has 1 heterocycles. The molecule has 47 heavy (non-hydrogen) atoms. The number of halogens is 2. The van der Waals surface area contributed by atoms with Crippen LogP contribution in [0.3, 0.4) is 0 Å². The summed E-state index contributed by atoms with van der Waals surface area (Å²) in [5.41, 5.74) is 2.29. The van der Waals surface area contributed by atoms with Crippen LogP contribution in [0.1, 0.15) is 55.5 Å². The second-order valence-corrected chi connectivity index (χ2v) is 13.9. The van der Waals surface area contributed by atoms with Gasteiger partial charge in [-0.05, 0) is 62.4 Å². The van der Waals surface area contributed by atoms with Gasteiger partial charge in [-0.3, -0.25) is 19.4 Å². The Hall–Kier alpha value is -3.70. The fourth-order valence-corrected chi connectivity index (χ4v) is 6.72. The highest BCUT2D eigenvalue weighted by Crippen LogP contribution is 2.32. The number of aliphatic hydroxyl groups is 2. The van der Waals surface area contributed by atoms with Gasteiger partial charge in [0.15, 0.2) is 0 Å². The van der Waals surface area contributed by atoms with Crippen LogP contribution in [-0.2, 0) is 29.0 Å². The highest BCUT2D eigenvalue weighted by Gasteiger charge is 2.37. The molecule has 2 amide bonds. The van der Waals surface area contributed by atoms with Crippen molar-refractivity contribution in [2.45, 2.75) is 76.4 Å². The molecule has 0 radical (unpaired) electrons. The lowest BCUT2D eigenvalue weighted by Gasteiger charge is -2.42. The van der Waals surface area contributed by atoms with E-state index >= 15 is 0 Å². The number of amides is 2. The maximum atomic E-state index is 14.5. The summed E-state index contributed by atoms with van der Waals surface area (Å²) in [6.07, 6.45) is -0.699. The van der Waals surface area contributed by atoms with Crippen LogP contribution in [0.2, 0.25) is 0 Å². The number of carbonyl (C=O) groups excluding carboxylic acids is 2. The fourth-order valence-electron chi connectivity index (χ4n) is 6.72. The molecule has 4 N–H and O–H groups in total. The lowest BCUT2D eigenvalue weighted by atomic mass is 9.91.